The maximum Gasteiger partial charge on any atom is 0.166 e. The fraction of sp³-hybridized carbons (Fsp3) is 0.353. The SMILES string of the molecule is Cc1ccc(F)cc1-n1ccnc1-c1cn(C2CCNCC2)nn1. The van der Waals surface area contributed by atoms with E-state index >= 15 is 0 Å². The normalized spacial score (nSPS) is 15.8. The fourth-order valence-corrected chi connectivity index (χ4v) is 3.16. The molecule has 3 aromatic rings. The van der Waals surface area contributed by atoms with Gasteiger partial charge in [0, 0.05) is 12.4 Å². The number of nitrogens with one attached hydrogen (secondary N) is 1. The summed E-state index contributed by atoms with van der Waals surface area (Å²) in [5, 5.41) is 11.9. The number of aromatic nitrogens is 5. The maximum absolute atomic E-state index is 13.6. The van der Waals surface area contributed by atoms with Gasteiger partial charge in [-0.25, -0.2) is 14.1 Å². The van der Waals surface area contributed by atoms with Crippen molar-refractivity contribution in [3.63, 3.8) is 0 Å². The highest BCUT2D eigenvalue weighted by atomic mass is 19.1. The molecule has 0 saturated carbocycles. The predicted octanol–water partition coefficient (Wildman–Crippen LogP) is 2.50. The van der Waals surface area contributed by atoms with E-state index < -0.39 is 0 Å². The van der Waals surface area contributed by atoms with Crippen LogP contribution in [-0.4, -0.2) is 37.6 Å². The van der Waals surface area contributed by atoms with E-state index in [9.17, 15) is 4.39 Å². The van der Waals surface area contributed by atoms with Crippen LogP contribution in [0.5, 0.6) is 0 Å². The molecule has 1 aliphatic rings. The van der Waals surface area contributed by atoms with Crippen molar-refractivity contribution in [3.8, 4) is 17.2 Å². The second kappa shape index (κ2) is 6.16. The largest absolute Gasteiger partial charge is 0.317 e. The Morgan fingerprint density at radius 1 is 1.25 bits per heavy atom. The molecule has 1 saturated heterocycles. The minimum absolute atomic E-state index is 0.270. The molecule has 0 spiro atoms. The highest BCUT2D eigenvalue weighted by Crippen LogP contribution is 2.24. The average molecular weight is 326 g/mol. The van der Waals surface area contributed by atoms with Crippen molar-refractivity contribution in [1.29, 1.82) is 0 Å². The second-order valence-electron chi connectivity index (χ2n) is 6.12. The fourth-order valence-electron chi connectivity index (χ4n) is 3.16. The molecule has 1 fully saturated rings. The third kappa shape index (κ3) is 2.71. The first kappa shape index (κ1) is 15.0. The lowest BCUT2D eigenvalue weighted by Gasteiger charge is -2.22. The van der Waals surface area contributed by atoms with Gasteiger partial charge >= 0.3 is 0 Å². The van der Waals surface area contributed by atoms with Gasteiger partial charge in [0.2, 0.25) is 0 Å². The van der Waals surface area contributed by atoms with Crippen LogP contribution in [0.3, 0.4) is 0 Å². The minimum atomic E-state index is -0.270. The van der Waals surface area contributed by atoms with Gasteiger partial charge in [-0.1, -0.05) is 11.3 Å². The molecular weight excluding hydrogens is 307 g/mol. The first-order valence-electron chi connectivity index (χ1n) is 8.15. The van der Waals surface area contributed by atoms with Gasteiger partial charge in [0.15, 0.2) is 5.82 Å². The lowest BCUT2D eigenvalue weighted by molar-refractivity contribution is 0.337. The number of hydrogen-bond donors (Lipinski definition) is 1. The van der Waals surface area contributed by atoms with Crippen molar-refractivity contribution in [2.24, 2.45) is 0 Å². The first-order valence-corrected chi connectivity index (χ1v) is 8.15. The summed E-state index contributed by atoms with van der Waals surface area (Å²) in [4.78, 5) is 4.40. The van der Waals surface area contributed by atoms with E-state index in [0.29, 0.717) is 17.6 Å². The molecule has 1 aliphatic heterocycles. The van der Waals surface area contributed by atoms with Crippen molar-refractivity contribution in [2.45, 2.75) is 25.8 Å². The van der Waals surface area contributed by atoms with Crippen molar-refractivity contribution in [2.75, 3.05) is 13.1 Å². The van der Waals surface area contributed by atoms with Crippen LogP contribution in [0.15, 0.2) is 36.8 Å². The molecule has 6 nitrogen and oxygen atoms in total. The Balaban J connectivity index is 1.70. The van der Waals surface area contributed by atoms with Crippen LogP contribution < -0.4 is 5.32 Å². The van der Waals surface area contributed by atoms with Crippen LogP contribution in [0.4, 0.5) is 4.39 Å². The molecule has 0 radical (unpaired) electrons. The van der Waals surface area contributed by atoms with Gasteiger partial charge in [0.05, 0.1) is 17.9 Å². The third-order valence-electron chi connectivity index (χ3n) is 4.49. The van der Waals surface area contributed by atoms with Gasteiger partial charge < -0.3 is 5.32 Å². The highest BCUT2D eigenvalue weighted by molar-refractivity contribution is 5.54. The molecule has 2 aromatic heterocycles. The minimum Gasteiger partial charge on any atom is -0.317 e. The Hall–Kier alpha value is -2.54. The topological polar surface area (TPSA) is 60.6 Å². The number of halogens is 1. The lowest BCUT2D eigenvalue weighted by atomic mass is 10.1. The van der Waals surface area contributed by atoms with E-state index in [1.165, 1.54) is 12.1 Å². The smallest absolute Gasteiger partial charge is 0.166 e. The number of hydrogen-bond acceptors (Lipinski definition) is 4. The number of imidazole rings is 1. The van der Waals surface area contributed by atoms with E-state index in [1.54, 1.807) is 12.3 Å². The molecule has 0 unspecified atom stereocenters. The molecule has 7 heteroatoms. The zero-order valence-electron chi connectivity index (χ0n) is 13.5. The van der Waals surface area contributed by atoms with Crippen molar-refractivity contribution in [3.05, 3.63) is 48.2 Å². The zero-order chi connectivity index (χ0) is 16.5. The Labute approximate surface area is 139 Å². The van der Waals surface area contributed by atoms with Gasteiger partial charge in [-0.3, -0.25) is 4.57 Å². The van der Waals surface area contributed by atoms with Crippen LogP contribution in [0.1, 0.15) is 24.4 Å². The number of rotatable bonds is 3. The summed E-state index contributed by atoms with van der Waals surface area (Å²) in [7, 11) is 0. The standard InChI is InChI=1S/C17H19FN6/c1-12-2-3-13(18)10-16(12)23-9-8-20-17(23)15-11-24(22-21-15)14-4-6-19-7-5-14/h2-3,8-11,14,19H,4-7H2,1H3. The van der Waals surface area contributed by atoms with Gasteiger partial charge in [-0.05, 0) is 50.6 Å². The van der Waals surface area contributed by atoms with Crippen LogP contribution in [0.25, 0.3) is 17.2 Å². The summed E-state index contributed by atoms with van der Waals surface area (Å²) in [6.07, 6.45) is 7.54. The third-order valence-corrected chi connectivity index (χ3v) is 4.49. The molecule has 124 valence electrons. The van der Waals surface area contributed by atoms with Crippen LogP contribution in [0, 0.1) is 12.7 Å². The van der Waals surface area contributed by atoms with E-state index in [0.717, 1.165) is 37.2 Å². The van der Waals surface area contributed by atoms with E-state index in [-0.39, 0.29) is 5.82 Å². The van der Waals surface area contributed by atoms with Crippen molar-refractivity contribution < 1.29 is 4.39 Å². The Bertz CT molecular complexity index is 846. The van der Waals surface area contributed by atoms with E-state index in [4.69, 9.17) is 0 Å². The van der Waals surface area contributed by atoms with Crippen molar-refractivity contribution in [1.82, 2.24) is 29.9 Å². The molecule has 0 amide bonds. The Morgan fingerprint density at radius 3 is 2.92 bits per heavy atom. The second-order valence-corrected chi connectivity index (χ2v) is 6.12. The van der Waals surface area contributed by atoms with Crippen molar-refractivity contribution >= 4 is 0 Å². The summed E-state index contributed by atoms with van der Waals surface area (Å²) >= 11 is 0. The van der Waals surface area contributed by atoms with E-state index in [2.05, 4.69) is 20.6 Å². The molecule has 0 aliphatic carbocycles. The summed E-state index contributed by atoms with van der Waals surface area (Å²) in [6.45, 7) is 3.94. The highest BCUT2D eigenvalue weighted by Gasteiger charge is 2.19. The quantitative estimate of drug-likeness (QED) is 0.803. The van der Waals surface area contributed by atoms with Crippen LogP contribution in [0.2, 0.25) is 0 Å². The predicted molar refractivity (Wildman–Crippen MR) is 88.4 cm³/mol. The average Bonchev–Trinajstić information content (AvgIpc) is 3.26. The first-order chi connectivity index (χ1) is 11.7. The van der Waals surface area contributed by atoms with Crippen LogP contribution >= 0.6 is 0 Å². The monoisotopic (exact) mass is 326 g/mol. The summed E-state index contributed by atoms with van der Waals surface area (Å²) < 4.78 is 17.4. The number of aryl methyl sites for hydroxylation is 1. The van der Waals surface area contributed by atoms with Gasteiger partial charge in [0.1, 0.15) is 11.5 Å². The molecule has 4 rings (SSSR count). The lowest BCUT2D eigenvalue weighted by Crippen LogP contribution is -2.29. The van der Waals surface area contributed by atoms with Gasteiger partial charge in [0.25, 0.3) is 0 Å². The van der Waals surface area contributed by atoms with Gasteiger partial charge in [-0.15, -0.1) is 5.10 Å². The molecule has 0 bridgehead atoms. The van der Waals surface area contributed by atoms with Crippen LogP contribution in [-0.2, 0) is 0 Å². The number of piperidine rings is 1. The van der Waals surface area contributed by atoms with Gasteiger partial charge in [-0.2, -0.15) is 0 Å². The summed E-state index contributed by atoms with van der Waals surface area (Å²) in [6, 6.07) is 5.10. The molecular formula is C17H19FN6. The van der Waals surface area contributed by atoms with E-state index in [1.807, 2.05) is 28.6 Å². The number of benzene rings is 1. The molecule has 24 heavy (non-hydrogen) atoms. The molecule has 3 heterocycles. The summed E-state index contributed by atoms with van der Waals surface area (Å²) in [5.41, 5.74) is 2.43. The zero-order valence-corrected chi connectivity index (χ0v) is 13.5. The number of nitrogens with zero attached hydrogens (tertiary/aromatic N) is 5. The Morgan fingerprint density at radius 2 is 2.08 bits per heavy atom. The molecule has 0 atom stereocenters. The molecule has 1 aromatic carbocycles. The molecule has 1 N–H and O–H groups in total. The summed E-state index contributed by atoms with van der Waals surface area (Å²) in [5.74, 6) is 0.400. The Kier molecular flexibility index (Phi) is 3.86. The maximum atomic E-state index is 13.6.